The number of aromatic nitrogens is 3. The van der Waals surface area contributed by atoms with Gasteiger partial charge in [-0.05, 0) is 35.7 Å². The van der Waals surface area contributed by atoms with E-state index in [-0.39, 0.29) is 32.3 Å². The molecular weight excluding hydrogens is 422 g/mol. The van der Waals surface area contributed by atoms with Crippen LogP contribution in [0.15, 0.2) is 42.5 Å². The molecule has 0 atom stereocenters. The summed E-state index contributed by atoms with van der Waals surface area (Å²) in [4.78, 5) is 3.88. The van der Waals surface area contributed by atoms with Gasteiger partial charge < -0.3 is 0 Å². The molecule has 0 radical (unpaired) electrons. The zero-order chi connectivity index (χ0) is 19.8. The first-order valence-corrected chi connectivity index (χ1v) is 9.19. The Balaban J connectivity index is 2.44. The molecular formula is C18H14Cl3F3N3+. The molecule has 1 aromatic heterocycles. The fourth-order valence-corrected chi connectivity index (χ4v) is 3.75. The number of benzene rings is 2. The number of halogens is 6. The number of para-hydroxylation sites is 1. The minimum Gasteiger partial charge on any atom is -0.161 e. The van der Waals surface area contributed by atoms with Crippen molar-refractivity contribution in [3.05, 3.63) is 69.2 Å². The number of hydrogen-bond donors (Lipinski definition) is 0. The molecule has 0 fully saturated rings. The van der Waals surface area contributed by atoms with Crippen molar-refractivity contribution in [1.29, 1.82) is 0 Å². The number of alkyl halides is 3. The minimum atomic E-state index is -4.67. The van der Waals surface area contributed by atoms with Crippen LogP contribution in [-0.4, -0.2) is 9.67 Å². The van der Waals surface area contributed by atoms with E-state index in [2.05, 4.69) is 4.98 Å². The third kappa shape index (κ3) is 3.93. The summed E-state index contributed by atoms with van der Waals surface area (Å²) < 4.78 is 43.6. The molecule has 0 N–H and O–H groups in total. The molecule has 3 rings (SSSR count). The van der Waals surface area contributed by atoms with Gasteiger partial charge in [-0.25, -0.2) is 0 Å². The lowest BCUT2D eigenvalue weighted by molar-refractivity contribution is -0.684. The van der Waals surface area contributed by atoms with Crippen LogP contribution in [0, 0.1) is 0 Å². The minimum absolute atomic E-state index is 0.126. The van der Waals surface area contributed by atoms with E-state index >= 15 is 0 Å². The summed E-state index contributed by atoms with van der Waals surface area (Å²) >= 11 is 18.6. The molecule has 0 aliphatic heterocycles. The van der Waals surface area contributed by atoms with E-state index in [0.29, 0.717) is 12.8 Å². The quantitative estimate of drug-likeness (QED) is 0.455. The van der Waals surface area contributed by atoms with E-state index in [1.54, 1.807) is 30.3 Å². The first-order chi connectivity index (χ1) is 12.7. The van der Waals surface area contributed by atoms with E-state index < -0.39 is 12.0 Å². The van der Waals surface area contributed by atoms with Crippen LogP contribution in [0.2, 0.25) is 15.1 Å². The highest BCUT2D eigenvalue weighted by molar-refractivity contribution is 6.40. The van der Waals surface area contributed by atoms with Gasteiger partial charge in [-0.3, -0.25) is 0 Å². The van der Waals surface area contributed by atoms with Crippen molar-refractivity contribution < 1.29 is 17.9 Å². The second-order valence-electron chi connectivity index (χ2n) is 5.78. The fraction of sp³-hybridized carbons (Fsp3) is 0.222. The van der Waals surface area contributed by atoms with Gasteiger partial charge in [-0.15, -0.1) is 9.36 Å². The molecule has 0 saturated heterocycles. The molecule has 3 nitrogen and oxygen atoms in total. The highest BCUT2D eigenvalue weighted by Gasteiger charge is 2.47. The fourth-order valence-electron chi connectivity index (χ4n) is 2.77. The summed E-state index contributed by atoms with van der Waals surface area (Å²) in [6.07, 6.45) is -3.78. The van der Waals surface area contributed by atoms with Gasteiger partial charge in [0.2, 0.25) is 0 Å². The van der Waals surface area contributed by atoms with Gasteiger partial charge in [0, 0.05) is 5.02 Å². The maximum absolute atomic E-state index is 13.8. The van der Waals surface area contributed by atoms with Crippen LogP contribution in [0.1, 0.15) is 25.0 Å². The van der Waals surface area contributed by atoms with Crippen molar-refractivity contribution in [2.75, 3.05) is 0 Å². The highest BCUT2D eigenvalue weighted by atomic mass is 35.5. The zero-order valence-corrected chi connectivity index (χ0v) is 16.3. The van der Waals surface area contributed by atoms with Crippen molar-refractivity contribution in [2.24, 2.45) is 0 Å². The van der Waals surface area contributed by atoms with E-state index in [9.17, 15) is 13.2 Å². The van der Waals surface area contributed by atoms with E-state index in [1.807, 2.05) is 6.92 Å². The standard InChI is InChI=1S/C18H14Cl3F3N3/c1-2-6-15-25-17(18(22,23)24)26(12-7-4-3-5-8-12)27(15)16-13(20)9-11(19)10-14(16)21/h3-5,7-10H,2,6H2,1H3/q+1. The topological polar surface area (TPSA) is 21.7 Å². The van der Waals surface area contributed by atoms with Crippen LogP contribution in [-0.2, 0) is 12.6 Å². The molecule has 0 aliphatic carbocycles. The summed E-state index contributed by atoms with van der Waals surface area (Å²) in [6, 6.07) is 11.0. The molecule has 0 aliphatic rings. The molecule has 2 aromatic carbocycles. The SMILES string of the molecule is CCCc1nc(C(F)(F)F)n(-c2ccccc2)[n+]1-c1c(Cl)cc(Cl)cc1Cl. The molecule has 0 spiro atoms. The molecule has 0 unspecified atom stereocenters. The van der Waals surface area contributed by atoms with E-state index in [0.717, 1.165) is 4.68 Å². The zero-order valence-electron chi connectivity index (χ0n) is 14.1. The highest BCUT2D eigenvalue weighted by Crippen LogP contribution is 2.33. The van der Waals surface area contributed by atoms with Gasteiger partial charge in [-0.2, -0.15) is 13.2 Å². The van der Waals surface area contributed by atoms with Crippen molar-refractivity contribution in [3.63, 3.8) is 0 Å². The van der Waals surface area contributed by atoms with Crippen molar-refractivity contribution in [2.45, 2.75) is 25.9 Å². The Labute approximate surface area is 168 Å². The van der Waals surface area contributed by atoms with Gasteiger partial charge in [0.15, 0.2) is 5.69 Å². The van der Waals surface area contributed by atoms with Gasteiger partial charge in [-0.1, -0.05) is 59.9 Å². The molecule has 3 aromatic rings. The second kappa shape index (κ2) is 7.70. The molecule has 0 amide bonds. The average molecular weight is 436 g/mol. The van der Waals surface area contributed by atoms with Crippen LogP contribution in [0.5, 0.6) is 0 Å². The largest absolute Gasteiger partial charge is 0.479 e. The summed E-state index contributed by atoms with van der Waals surface area (Å²) in [5, 5.41) is 0.537. The van der Waals surface area contributed by atoms with E-state index in [1.165, 1.54) is 16.8 Å². The molecule has 27 heavy (non-hydrogen) atoms. The third-order valence-corrected chi connectivity index (χ3v) is 4.60. The summed E-state index contributed by atoms with van der Waals surface area (Å²) in [6.45, 7) is 1.85. The van der Waals surface area contributed by atoms with Crippen LogP contribution in [0.4, 0.5) is 13.2 Å². The monoisotopic (exact) mass is 434 g/mol. The lowest BCUT2D eigenvalue weighted by Crippen LogP contribution is -2.45. The van der Waals surface area contributed by atoms with Gasteiger partial charge in [0.05, 0.1) is 22.2 Å². The predicted molar refractivity (Wildman–Crippen MR) is 99.1 cm³/mol. The van der Waals surface area contributed by atoms with Crippen molar-refractivity contribution in [1.82, 2.24) is 9.67 Å². The Bertz CT molecular complexity index is 946. The van der Waals surface area contributed by atoms with Crippen LogP contribution in [0.25, 0.3) is 11.4 Å². The van der Waals surface area contributed by atoms with Gasteiger partial charge in [0.1, 0.15) is 0 Å². The first-order valence-electron chi connectivity index (χ1n) is 8.05. The Morgan fingerprint density at radius 2 is 1.63 bits per heavy atom. The van der Waals surface area contributed by atoms with E-state index in [4.69, 9.17) is 34.8 Å². The first kappa shape index (κ1) is 20.0. The number of nitrogens with zero attached hydrogens (tertiary/aromatic N) is 3. The predicted octanol–water partition coefficient (Wildman–Crippen LogP) is 6.08. The van der Waals surface area contributed by atoms with Crippen LogP contribution >= 0.6 is 34.8 Å². The normalized spacial score (nSPS) is 11.8. The average Bonchev–Trinajstić information content (AvgIpc) is 2.95. The van der Waals surface area contributed by atoms with Crippen molar-refractivity contribution >= 4 is 34.8 Å². The molecule has 0 bridgehead atoms. The summed E-state index contributed by atoms with van der Waals surface area (Å²) in [7, 11) is 0. The summed E-state index contributed by atoms with van der Waals surface area (Å²) in [5.74, 6) is -0.862. The molecule has 142 valence electrons. The van der Waals surface area contributed by atoms with Crippen LogP contribution in [0.3, 0.4) is 0 Å². The maximum atomic E-state index is 13.8. The Morgan fingerprint density at radius 1 is 1.04 bits per heavy atom. The van der Waals surface area contributed by atoms with Crippen LogP contribution < -0.4 is 4.68 Å². The molecule has 1 heterocycles. The maximum Gasteiger partial charge on any atom is 0.479 e. The smallest absolute Gasteiger partial charge is 0.161 e. The number of aryl methyl sites for hydroxylation is 1. The number of hydrogen-bond acceptors (Lipinski definition) is 1. The van der Waals surface area contributed by atoms with Gasteiger partial charge >= 0.3 is 17.8 Å². The molecule has 9 heteroatoms. The number of rotatable bonds is 4. The summed E-state index contributed by atoms with van der Waals surface area (Å²) in [5.41, 5.74) is 0.472. The third-order valence-electron chi connectivity index (χ3n) is 3.80. The van der Waals surface area contributed by atoms with Crippen molar-refractivity contribution in [3.8, 4) is 11.4 Å². The Morgan fingerprint density at radius 3 is 2.15 bits per heavy atom. The lowest BCUT2D eigenvalue weighted by atomic mass is 10.3. The Hall–Kier alpha value is -1.76. The second-order valence-corrected chi connectivity index (χ2v) is 7.03. The molecule has 0 saturated carbocycles. The van der Waals surface area contributed by atoms with Gasteiger partial charge in [0.25, 0.3) is 0 Å². The lowest BCUT2D eigenvalue weighted by Gasteiger charge is -2.12. The Kier molecular flexibility index (Phi) is 5.70.